The molecular weight excluding hydrogens is 627 g/mol. The minimum atomic E-state index is -3.44. The lowest BCUT2D eigenvalue weighted by Gasteiger charge is -2.46. The Balaban J connectivity index is 1.71. The van der Waals surface area contributed by atoms with E-state index in [1.54, 1.807) is 14.0 Å². The van der Waals surface area contributed by atoms with E-state index in [0.717, 1.165) is 10.4 Å². The maximum Gasteiger partial charge on any atom is 0.333 e. The van der Waals surface area contributed by atoms with E-state index >= 15 is 0 Å². The van der Waals surface area contributed by atoms with Crippen LogP contribution < -0.4 is 21.6 Å². The summed E-state index contributed by atoms with van der Waals surface area (Å²) in [7, 11) is -2.27. The van der Waals surface area contributed by atoms with E-state index in [1.165, 1.54) is 25.0 Å². The number of H-pyrrole nitrogens is 1. The molecule has 11 nitrogen and oxygen atoms in total. The summed E-state index contributed by atoms with van der Waals surface area (Å²) in [6.07, 6.45) is -1.12. The van der Waals surface area contributed by atoms with Gasteiger partial charge in [0.25, 0.3) is 13.9 Å². The molecule has 46 heavy (non-hydrogen) atoms. The van der Waals surface area contributed by atoms with Crippen molar-refractivity contribution in [3.8, 4) is 0 Å². The van der Waals surface area contributed by atoms with Crippen LogP contribution in [0.1, 0.15) is 39.0 Å². The zero-order chi connectivity index (χ0) is 33.3. The Kier molecular flexibility index (Phi) is 10.4. The Morgan fingerprint density at radius 2 is 1.52 bits per heavy atom. The fraction of sp³-hybridized carbons (Fsp3) is 0.515. The molecule has 1 saturated heterocycles. The van der Waals surface area contributed by atoms with Gasteiger partial charge in [-0.15, -0.1) is 0 Å². The lowest BCUT2D eigenvalue weighted by molar-refractivity contribution is -0.0796. The van der Waals surface area contributed by atoms with Crippen molar-refractivity contribution in [1.29, 1.82) is 0 Å². The zero-order valence-electron chi connectivity index (χ0n) is 27.5. The van der Waals surface area contributed by atoms with Crippen molar-refractivity contribution in [1.82, 2.24) is 9.55 Å². The molecule has 5 rings (SSSR count). The number of rotatable bonds is 13. The number of hydrogen-bond acceptors (Lipinski definition) is 9. The van der Waals surface area contributed by atoms with Gasteiger partial charge in [0.1, 0.15) is 12.2 Å². The van der Waals surface area contributed by atoms with Crippen LogP contribution in [0.3, 0.4) is 0 Å². The monoisotopic (exact) mass is 672 g/mol. The molecule has 2 aromatic carbocycles. The van der Waals surface area contributed by atoms with Gasteiger partial charge in [-0.25, -0.2) is 4.79 Å². The highest BCUT2D eigenvalue weighted by Crippen LogP contribution is 2.67. The van der Waals surface area contributed by atoms with Gasteiger partial charge in [0.05, 0.1) is 25.0 Å². The minimum absolute atomic E-state index is 0.203. The van der Waals surface area contributed by atoms with Crippen LogP contribution in [-0.4, -0.2) is 76.4 Å². The second-order valence-corrected chi connectivity index (χ2v) is 19.6. The largest absolute Gasteiger partial charge is 0.399 e. The molecule has 3 aromatic rings. The van der Waals surface area contributed by atoms with Gasteiger partial charge in [-0.05, 0) is 28.8 Å². The highest BCUT2D eigenvalue weighted by Gasteiger charge is 2.64. The van der Waals surface area contributed by atoms with E-state index in [9.17, 15) is 14.2 Å². The van der Waals surface area contributed by atoms with Crippen molar-refractivity contribution in [2.75, 3.05) is 34.5 Å². The molecule has 3 unspecified atom stereocenters. The third-order valence-electron chi connectivity index (χ3n) is 9.11. The number of ether oxygens (including phenoxy) is 3. The smallest absolute Gasteiger partial charge is 0.333 e. The summed E-state index contributed by atoms with van der Waals surface area (Å²) in [5, 5.41) is 1.75. The molecule has 2 heterocycles. The number of benzene rings is 2. The predicted octanol–water partition coefficient (Wildman–Crippen LogP) is 3.59. The van der Waals surface area contributed by atoms with Gasteiger partial charge < -0.3 is 27.7 Å². The molecule has 1 saturated carbocycles. The van der Waals surface area contributed by atoms with Gasteiger partial charge in [-0.2, -0.15) is 0 Å². The highest BCUT2D eigenvalue weighted by molar-refractivity contribution is 7.55. The first kappa shape index (κ1) is 34.7. The first-order chi connectivity index (χ1) is 21.9. The van der Waals surface area contributed by atoms with Crippen molar-refractivity contribution >= 4 is 26.3 Å². The number of nitrogens with zero attached hydrogens (tertiary/aromatic N) is 1. The molecule has 0 radical (unpaired) electrons. The van der Waals surface area contributed by atoms with Gasteiger partial charge in [0.15, 0.2) is 6.23 Å². The molecule has 1 aliphatic carbocycles. The van der Waals surface area contributed by atoms with Crippen molar-refractivity contribution in [3.63, 3.8) is 0 Å². The molecule has 250 valence electrons. The molecule has 2 aliphatic rings. The average Bonchev–Trinajstić information content (AvgIpc) is 3.78. The molecule has 0 amide bonds. The Morgan fingerprint density at radius 3 is 2.04 bits per heavy atom. The highest BCUT2D eigenvalue weighted by atomic mass is 31.2. The third kappa shape index (κ3) is 6.42. The van der Waals surface area contributed by atoms with Gasteiger partial charge in [0.2, 0.25) is 0 Å². The number of nitrogens with one attached hydrogen (secondary N) is 1. The van der Waals surface area contributed by atoms with Gasteiger partial charge >= 0.3 is 13.3 Å². The summed E-state index contributed by atoms with van der Waals surface area (Å²) >= 11 is 0. The summed E-state index contributed by atoms with van der Waals surface area (Å²) in [5.74, 6) is -0.271. The summed E-state index contributed by atoms with van der Waals surface area (Å²) in [5.41, 5.74) is -1.18. The van der Waals surface area contributed by atoms with Crippen LogP contribution in [0.4, 0.5) is 0 Å². The predicted molar refractivity (Wildman–Crippen MR) is 178 cm³/mol. The maximum atomic E-state index is 13.6. The SMILES string of the molecule is COCCO[C@H]1C(O[Si](c2ccccc2)(c2ccccc2)C(C)(C)C)[C@@H](C2CC2P(=O)(OC)OC)O[C@H]1n1cc(C)c(=O)[nH]c1=O. The van der Waals surface area contributed by atoms with Crippen LogP contribution in [0.5, 0.6) is 0 Å². The molecule has 0 spiro atoms. The quantitative estimate of drug-likeness (QED) is 0.165. The fourth-order valence-corrected chi connectivity index (χ4v) is 13.3. The van der Waals surface area contributed by atoms with Crippen LogP contribution in [0.2, 0.25) is 5.04 Å². The van der Waals surface area contributed by atoms with Gasteiger partial charge in [-0.3, -0.25) is 18.9 Å². The Hall–Kier alpha value is -2.67. The van der Waals surface area contributed by atoms with E-state index in [1.807, 2.05) is 36.4 Å². The first-order valence-corrected chi connectivity index (χ1v) is 19.0. The standard InChI is InChI=1S/C33H45N2O9PSi/c1-22-21-35(32(37)34-30(22)36)31-29(42-19-18-39-5)28(27(43-31)25-20-26(25)45(38,40-6)41-7)44-46(33(2,3)4,23-14-10-8-11-15-23)24-16-12-9-13-17-24/h8-17,21,25-29,31H,18-20H2,1-7H3,(H,34,36,37)/t25?,26?,27-,28?,29+,31-/m1/s1. The second kappa shape index (κ2) is 13.8. The average molecular weight is 673 g/mol. The molecule has 0 bridgehead atoms. The Bertz CT molecular complexity index is 1590. The number of aryl methyl sites for hydroxylation is 1. The van der Waals surface area contributed by atoms with E-state index in [-0.39, 0.29) is 17.6 Å². The lowest BCUT2D eigenvalue weighted by atomic mass is 10.1. The van der Waals surface area contributed by atoms with Gasteiger partial charge in [0, 0.05) is 39.0 Å². The summed E-state index contributed by atoms with van der Waals surface area (Å²) in [6, 6.07) is 20.4. The molecule has 13 heteroatoms. The first-order valence-electron chi connectivity index (χ1n) is 15.5. The molecule has 1 aromatic heterocycles. The summed E-state index contributed by atoms with van der Waals surface area (Å²) in [4.78, 5) is 28.0. The molecule has 6 atom stereocenters. The van der Waals surface area contributed by atoms with Crippen LogP contribution in [0.15, 0.2) is 76.4 Å². The molecule has 1 aliphatic heterocycles. The van der Waals surface area contributed by atoms with Gasteiger partial charge in [-0.1, -0.05) is 81.4 Å². The van der Waals surface area contributed by atoms with Crippen LogP contribution in [-0.2, 0) is 32.2 Å². The van der Waals surface area contributed by atoms with Crippen molar-refractivity contribution in [2.24, 2.45) is 5.92 Å². The number of aromatic amines is 1. The van der Waals surface area contributed by atoms with Crippen LogP contribution in [0, 0.1) is 12.8 Å². The van der Waals surface area contributed by atoms with E-state index in [4.69, 9.17) is 27.7 Å². The number of hydrogen-bond donors (Lipinski definition) is 1. The third-order valence-corrected chi connectivity index (χ3v) is 16.6. The van der Waals surface area contributed by atoms with Crippen molar-refractivity contribution < 1.29 is 32.2 Å². The summed E-state index contributed by atoms with van der Waals surface area (Å²) in [6.45, 7) is 8.68. The second-order valence-electron chi connectivity index (χ2n) is 12.9. The summed E-state index contributed by atoms with van der Waals surface area (Å²) < 4.78 is 52.0. The minimum Gasteiger partial charge on any atom is -0.399 e. The molecular formula is C33H45N2O9PSi. The van der Waals surface area contributed by atoms with E-state index in [2.05, 4.69) is 50.0 Å². The zero-order valence-corrected chi connectivity index (χ0v) is 29.4. The number of aromatic nitrogens is 2. The number of methoxy groups -OCH3 is 1. The van der Waals surface area contributed by atoms with Crippen LogP contribution >= 0.6 is 7.60 Å². The fourth-order valence-electron chi connectivity index (χ4n) is 6.75. The Labute approximate surface area is 270 Å². The van der Waals surface area contributed by atoms with Crippen LogP contribution in [0.25, 0.3) is 0 Å². The normalized spacial score (nSPS) is 25.1. The molecule has 2 fully saturated rings. The topological polar surface area (TPSA) is 127 Å². The van der Waals surface area contributed by atoms with E-state index < -0.39 is 57.4 Å². The maximum absolute atomic E-state index is 13.6. The molecule has 1 N–H and O–H groups in total. The Morgan fingerprint density at radius 1 is 0.935 bits per heavy atom. The van der Waals surface area contributed by atoms with Crippen molar-refractivity contribution in [3.05, 3.63) is 93.3 Å². The van der Waals surface area contributed by atoms with E-state index in [0.29, 0.717) is 18.6 Å². The lowest BCUT2D eigenvalue weighted by Crippen LogP contribution is -2.69. The van der Waals surface area contributed by atoms with Crippen molar-refractivity contribution in [2.45, 2.75) is 69.4 Å².